The Morgan fingerprint density at radius 3 is 2.74 bits per heavy atom. The minimum atomic E-state index is -1.42. The summed E-state index contributed by atoms with van der Waals surface area (Å²) < 4.78 is 20.2. The number of hydrogen-bond donors (Lipinski definition) is 3. The second kappa shape index (κ2) is 13.1. The third kappa shape index (κ3) is 8.08. The molecule has 1 aromatic rings. The molecule has 8 heteroatoms. The van der Waals surface area contributed by atoms with E-state index >= 15 is 4.39 Å². The molecule has 0 spiro atoms. The fourth-order valence-corrected chi connectivity index (χ4v) is 5.19. The number of amides is 2. The molecule has 0 aliphatic carbocycles. The summed E-state index contributed by atoms with van der Waals surface area (Å²) in [6.45, 7) is 8.69. The van der Waals surface area contributed by atoms with E-state index in [4.69, 9.17) is 16.3 Å². The number of rotatable bonds is 11. The summed E-state index contributed by atoms with van der Waals surface area (Å²) in [4.78, 5) is 15.0. The maximum absolute atomic E-state index is 15.1. The number of benzene rings is 1. The summed E-state index contributed by atoms with van der Waals surface area (Å²) >= 11 is 6.07. The first-order valence-corrected chi connectivity index (χ1v) is 12.8. The Hall–Kier alpha value is -1.41. The number of likely N-dealkylation sites (tertiary alicyclic amines) is 1. The Labute approximate surface area is 209 Å². The van der Waals surface area contributed by atoms with E-state index in [0.29, 0.717) is 45.5 Å². The topological polar surface area (TPSA) is 73.8 Å². The zero-order chi connectivity index (χ0) is 25.4. The zero-order valence-corrected chi connectivity index (χ0v) is 22.2. The van der Waals surface area contributed by atoms with Gasteiger partial charge in [0.1, 0.15) is 5.82 Å². The summed E-state index contributed by atoms with van der Waals surface area (Å²) in [5.41, 5.74) is -1.13. The van der Waals surface area contributed by atoms with E-state index in [1.165, 1.54) is 6.07 Å². The van der Waals surface area contributed by atoms with Crippen molar-refractivity contribution < 1.29 is 19.0 Å². The van der Waals surface area contributed by atoms with Gasteiger partial charge in [0.15, 0.2) is 0 Å². The number of aliphatic hydroxyl groups is 1. The molecule has 1 saturated heterocycles. The maximum Gasteiger partial charge on any atom is 0.317 e. The van der Waals surface area contributed by atoms with Crippen molar-refractivity contribution in [3.05, 3.63) is 34.6 Å². The predicted octanol–water partition coefficient (Wildman–Crippen LogP) is 4.93. The number of methoxy groups -OCH3 is 1. The molecule has 194 valence electrons. The molecule has 34 heavy (non-hydrogen) atoms. The van der Waals surface area contributed by atoms with Crippen molar-refractivity contribution in [3.8, 4) is 0 Å². The van der Waals surface area contributed by atoms with Crippen LogP contribution >= 0.6 is 11.6 Å². The maximum atomic E-state index is 15.1. The zero-order valence-electron chi connectivity index (χ0n) is 21.4. The molecule has 3 N–H and O–H groups in total. The summed E-state index contributed by atoms with van der Waals surface area (Å²) in [5.74, 6) is -0.882. The number of urea groups is 1. The van der Waals surface area contributed by atoms with Crippen LogP contribution in [-0.2, 0) is 10.3 Å². The Morgan fingerprint density at radius 1 is 1.35 bits per heavy atom. The van der Waals surface area contributed by atoms with Crippen LogP contribution in [0.1, 0.15) is 64.9 Å². The number of carbonyl (C=O) groups excluding carboxylic acids is 1. The van der Waals surface area contributed by atoms with E-state index < -0.39 is 11.4 Å². The molecule has 2 rings (SSSR count). The van der Waals surface area contributed by atoms with E-state index in [-0.39, 0.29) is 34.0 Å². The van der Waals surface area contributed by atoms with Crippen molar-refractivity contribution >= 4 is 17.6 Å². The lowest BCUT2D eigenvalue weighted by molar-refractivity contribution is -0.0587. The minimum Gasteiger partial charge on any atom is -0.385 e. The van der Waals surface area contributed by atoms with Crippen LogP contribution in [0.25, 0.3) is 0 Å². The Balaban J connectivity index is 2.22. The number of likely N-dealkylation sites (N-methyl/N-ethyl adjacent to an activating group) is 1. The number of hydrogen-bond acceptors (Lipinski definition) is 4. The first kappa shape index (κ1) is 28.8. The summed E-state index contributed by atoms with van der Waals surface area (Å²) in [7, 11) is 3.52. The molecule has 0 radical (unpaired) electrons. The van der Waals surface area contributed by atoms with Crippen molar-refractivity contribution in [1.29, 1.82) is 0 Å². The van der Waals surface area contributed by atoms with Crippen molar-refractivity contribution in [2.75, 3.05) is 40.4 Å². The fourth-order valence-electron chi connectivity index (χ4n) is 5.01. The van der Waals surface area contributed by atoms with Gasteiger partial charge in [0.05, 0.1) is 10.6 Å². The molecule has 1 aromatic carbocycles. The molecule has 0 saturated carbocycles. The Morgan fingerprint density at radius 2 is 2.09 bits per heavy atom. The molecule has 2 amide bonds. The summed E-state index contributed by atoms with van der Waals surface area (Å²) in [6.07, 6.45) is 4.11. The molecule has 1 aliphatic rings. The highest BCUT2D eigenvalue weighted by Gasteiger charge is 2.43. The lowest BCUT2D eigenvalue weighted by Gasteiger charge is -2.43. The molecule has 1 fully saturated rings. The van der Waals surface area contributed by atoms with Gasteiger partial charge in [0, 0.05) is 50.9 Å². The van der Waals surface area contributed by atoms with Crippen LogP contribution in [0.3, 0.4) is 0 Å². The number of unbranched alkanes of at least 4 members (excludes halogenated alkanes) is 1. The van der Waals surface area contributed by atoms with E-state index in [0.717, 1.165) is 19.3 Å². The first-order valence-electron chi connectivity index (χ1n) is 12.4. The van der Waals surface area contributed by atoms with Crippen LogP contribution < -0.4 is 10.6 Å². The average Bonchev–Trinajstić information content (AvgIpc) is 2.77. The number of ether oxygens (including phenoxy) is 1. The van der Waals surface area contributed by atoms with Gasteiger partial charge < -0.3 is 25.4 Å². The van der Waals surface area contributed by atoms with Crippen molar-refractivity contribution in [2.24, 2.45) is 11.3 Å². The smallest absolute Gasteiger partial charge is 0.317 e. The average molecular weight is 500 g/mol. The van der Waals surface area contributed by atoms with Crippen molar-refractivity contribution in [1.82, 2.24) is 15.5 Å². The number of nitrogens with one attached hydrogen (secondary N) is 2. The van der Waals surface area contributed by atoms with E-state index in [1.54, 1.807) is 24.1 Å². The molecule has 6 nitrogen and oxygen atoms in total. The largest absolute Gasteiger partial charge is 0.385 e. The number of halogens is 2. The molecule has 0 unspecified atom stereocenters. The second-order valence-corrected chi connectivity index (χ2v) is 11.1. The van der Waals surface area contributed by atoms with Gasteiger partial charge >= 0.3 is 6.03 Å². The van der Waals surface area contributed by atoms with Gasteiger partial charge in [0.25, 0.3) is 0 Å². The molecular weight excluding hydrogens is 457 g/mol. The van der Waals surface area contributed by atoms with E-state index in [2.05, 4.69) is 31.4 Å². The molecule has 3 atom stereocenters. The number of carbonyl (C=O) groups is 1. The second-order valence-electron chi connectivity index (χ2n) is 10.7. The van der Waals surface area contributed by atoms with Gasteiger partial charge in [-0.25, -0.2) is 9.18 Å². The Bertz CT molecular complexity index is 789. The van der Waals surface area contributed by atoms with Crippen molar-refractivity contribution in [3.63, 3.8) is 0 Å². The lowest BCUT2D eigenvalue weighted by atomic mass is 9.74. The fraction of sp³-hybridized carbons (Fsp3) is 0.731. The van der Waals surface area contributed by atoms with Crippen LogP contribution in [-0.4, -0.2) is 62.5 Å². The van der Waals surface area contributed by atoms with Gasteiger partial charge in [-0.05, 0) is 57.1 Å². The third-order valence-corrected chi connectivity index (χ3v) is 6.89. The van der Waals surface area contributed by atoms with Gasteiger partial charge in [0.2, 0.25) is 0 Å². The summed E-state index contributed by atoms with van der Waals surface area (Å²) in [5, 5.41) is 18.2. The van der Waals surface area contributed by atoms with Crippen LogP contribution in [0, 0.1) is 17.2 Å². The number of piperidine rings is 1. The molecule has 0 bridgehead atoms. The highest BCUT2D eigenvalue weighted by Crippen LogP contribution is 2.42. The molecule has 0 aromatic heterocycles. The molecule has 1 aliphatic heterocycles. The van der Waals surface area contributed by atoms with Crippen LogP contribution in [0.4, 0.5) is 9.18 Å². The highest BCUT2D eigenvalue weighted by molar-refractivity contribution is 6.30. The summed E-state index contributed by atoms with van der Waals surface area (Å²) in [6, 6.07) is 4.63. The standard InChI is InChI=1S/C26H43ClFN3O3/c1-25(2,3)16-20(17-29-4)30-24(32)31-14-9-10-19(18-31)26(33,13-6-7-15-34-5)21-11-8-12-22(27)23(21)28/h8,11-12,19-20,29,33H,6-7,9-10,13-18H2,1-5H3,(H,30,32)/t19-,20+,26+/m1/s1. The van der Waals surface area contributed by atoms with Gasteiger partial charge in [-0.15, -0.1) is 0 Å². The Kier molecular flexibility index (Phi) is 11.1. The van der Waals surface area contributed by atoms with Crippen LogP contribution in [0.2, 0.25) is 5.02 Å². The predicted molar refractivity (Wildman–Crippen MR) is 136 cm³/mol. The normalized spacial score (nSPS) is 19.5. The van der Waals surface area contributed by atoms with Crippen LogP contribution in [0.5, 0.6) is 0 Å². The van der Waals surface area contributed by atoms with Crippen LogP contribution in [0.15, 0.2) is 18.2 Å². The lowest BCUT2D eigenvalue weighted by Crippen LogP contribution is -2.54. The van der Waals surface area contributed by atoms with Crippen molar-refractivity contribution in [2.45, 2.75) is 70.9 Å². The van der Waals surface area contributed by atoms with Gasteiger partial charge in [-0.1, -0.05) is 44.5 Å². The quantitative estimate of drug-likeness (QED) is 0.377. The van der Waals surface area contributed by atoms with E-state index in [9.17, 15) is 9.90 Å². The first-order chi connectivity index (χ1) is 16.0. The number of nitrogens with zero attached hydrogens (tertiary/aromatic N) is 1. The van der Waals surface area contributed by atoms with Gasteiger partial charge in [-0.2, -0.15) is 0 Å². The van der Waals surface area contributed by atoms with Gasteiger partial charge in [-0.3, -0.25) is 0 Å². The molecule has 1 heterocycles. The third-order valence-electron chi connectivity index (χ3n) is 6.60. The SMILES string of the molecule is CNC[C@H](CC(C)(C)C)NC(=O)N1CCC[C@@H]([C@@](O)(CCCCOC)c2cccc(Cl)c2F)C1. The van der Waals surface area contributed by atoms with E-state index in [1.807, 2.05) is 7.05 Å². The highest BCUT2D eigenvalue weighted by atomic mass is 35.5. The minimum absolute atomic E-state index is 0.00354. The molecular formula is C26H43ClFN3O3. The monoisotopic (exact) mass is 499 g/mol.